The maximum absolute atomic E-state index is 11.8. The van der Waals surface area contributed by atoms with E-state index < -0.39 is 5.60 Å². The van der Waals surface area contributed by atoms with Crippen LogP contribution in [-0.4, -0.2) is 53.5 Å². The molecule has 0 bridgehead atoms. The van der Waals surface area contributed by atoms with Crippen molar-refractivity contribution in [3.05, 3.63) is 0 Å². The molecule has 1 amide bonds. The van der Waals surface area contributed by atoms with Gasteiger partial charge in [-0.05, 0) is 46.0 Å². The predicted molar refractivity (Wildman–Crippen MR) is 69.6 cm³/mol. The highest BCUT2D eigenvalue weighted by Gasteiger charge is 2.26. The summed E-state index contributed by atoms with van der Waals surface area (Å²) >= 11 is 0. The second-order valence-corrected chi connectivity index (χ2v) is 6.08. The van der Waals surface area contributed by atoms with Gasteiger partial charge in [0.15, 0.2) is 0 Å². The number of piperidine rings is 1. The number of hydrogen-bond acceptors (Lipinski definition) is 4. The number of nitrogens with zero attached hydrogens (tertiary/aromatic N) is 2. The molecular formula is C13H26N2O3. The number of amides is 1. The lowest BCUT2D eigenvalue weighted by Crippen LogP contribution is -2.42. The van der Waals surface area contributed by atoms with E-state index in [0.29, 0.717) is 12.5 Å². The Balaban J connectivity index is 2.28. The van der Waals surface area contributed by atoms with Crippen LogP contribution in [0.5, 0.6) is 0 Å². The summed E-state index contributed by atoms with van der Waals surface area (Å²) in [6.07, 6.45) is 2.76. The van der Waals surface area contributed by atoms with Gasteiger partial charge in [0.2, 0.25) is 0 Å². The standard InChI is InChI=1S/C13H26N2O3/c1-13(2,3)18-12(16)15-9-6-11(7-10-15)5-8-14(4)17/h11,17H,5-10H2,1-4H3. The van der Waals surface area contributed by atoms with Gasteiger partial charge >= 0.3 is 6.09 Å². The number of rotatable bonds is 3. The largest absolute Gasteiger partial charge is 0.444 e. The monoisotopic (exact) mass is 258 g/mol. The first-order chi connectivity index (χ1) is 8.28. The maximum Gasteiger partial charge on any atom is 0.410 e. The Kier molecular flexibility index (Phi) is 5.41. The van der Waals surface area contributed by atoms with Gasteiger partial charge in [0.05, 0.1) is 0 Å². The number of carbonyl (C=O) groups is 1. The van der Waals surface area contributed by atoms with Crippen molar-refractivity contribution in [3.63, 3.8) is 0 Å². The molecule has 0 saturated carbocycles. The summed E-state index contributed by atoms with van der Waals surface area (Å²) in [5, 5.41) is 10.3. The molecule has 1 saturated heterocycles. The molecule has 1 fully saturated rings. The summed E-state index contributed by atoms with van der Waals surface area (Å²) in [5.41, 5.74) is -0.423. The summed E-state index contributed by atoms with van der Waals surface area (Å²) in [4.78, 5) is 13.6. The van der Waals surface area contributed by atoms with E-state index in [1.165, 1.54) is 5.06 Å². The molecule has 0 spiro atoms. The van der Waals surface area contributed by atoms with E-state index in [-0.39, 0.29) is 6.09 Å². The molecule has 0 unspecified atom stereocenters. The number of carbonyl (C=O) groups excluding carboxylic acids is 1. The van der Waals surface area contributed by atoms with E-state index in [4.69, 9.17) is 9.94 Å². The zero-order valence-electron chi connectivity index (χ0n) is 12.0. The summed E-state index contributed by atoms with van der Waals surface area (Å²) in [5.74, 6) is 0.596. The van der Waals surface area contributed by atoms with Crippen LogP contribution in [0.3, 0.4) is 0 Å². The molecule has 106 valence electrons. The van der Waals surface area contributed by atoms with Crippen LogP contribution in [0.15, 0.2) is 0 Å². The fourth-order valence-corrected chi connectivity index (χ4v) is 2.10. The average molecular weight is 258 g/mol. The van der Waals surface area contributed by atoms with E-state index in [0.717, 1.165) is 32.4 Å². The Morgan fingerprint density at radius 2 is 1.94 bits per heavy atom. The topological polar surface area (TPSA) is 53.0 Å². The molecule has 5 heteroatoms. The van der Waals surface area contributed by atoms with E-state index >= 15 is 0 Å². The first-order valence-electron chi connectivity index (χ1n) is 6.66. The fourth-order valence-electron chi connectivity index (χ4n) is 2.10. The molecule has 1 aliphatic heterocycles. The number of likely N-dealkylation sites (tertiary alicyclic amines) is 1. The Bertz CT molecular complexity index is 266. The molecule has 0 aliphatic carbocycles. The Morgan fingerprint density at radius 1 is 1.39 bits per heavy atom. The van der Waals surface area contributed by atoms with Crippen molar-refractivity contribution in [1.29, 1.82) is 0 Å². The number of hydroxylamine groups is 2. The van der Waals surface area contributed by atoms with E-state index in [9.17, 15) is 4.79 Å². The third kappa shape index (κ3) is 5.69. The second kappa shape index (κ2) is 6.38. The van der Waals surface area contributed by atoms with Crippen molar-refractivity contribution in [2.75, 3.05) is 26.7 Å². The van der Waals surface area contributed by atoms with Crippen LogP contribution in [-0.2, 0) is 4.74 Å². The number of ether oxygens (including phenoxy) is 1. The molecule has 0 aromatic heterocycles. The minimum Gasteiger partial charge on any atom is -0.444 e. The van der Waals surface area contributed by atoms with Crippen molar-refractivity contribution in [2.24, 2.45) is 5.92 Å². The lowest BCUT2D eigenvalue weighted by Gasteiger charge is -2.33. The minimum absolute atomic E-state index is 0.208. The van der Waals surface area contributed by atoms with Crippen molar-refractivity contribution >= 4 is 6.09 Å². The first kappa shape index (κ1) is 15.2. The molecule has 0 radical (unpaired) electrons. The van der Waals surface area contributed by atoms with Gasteiger partial charge in [0.1, 0.15) is 5.60 Å². The zero-order valence-corrected chi connectivity index (χ0v) is 12.0. The molecule has 0 atom stereocenters. The van der Waals surface area contributed by atoms with Gasteiger partial charge in [-0.25, -0.2) is 4.79 Å². The van der Waals surface area contributed by atoms with Gasteiger partial charge in [-0.2, -0.15) is 5.06 Å². The molecule has 5 nitrogen and oxygen atoms in total. The van der Waals surface area contributed by atoms with Crippen molar-refractivity contribution in [2.45, 2.75) is 45.6 Å². The van der Waals surface area contributed by atoms with Gasteiger partial charge in [-0.1, -0.05) is 0 Å². The quantitative estimate of drug-likeness (QED) is 0.789. The Morgan fingerprint density at radius 3 is 2.39 bits per heavy atom. The average Bonchev–Trinajstić information content (AvgIpc) is 2.24. The summed E-state index contributed by atoms with van der Waals surface area (Å²) in [7, 11) is 1.66. The lowest BCUT2D eigenvalue weighted by atomic mass is 9.94. The van der Waals surface area contributed by atoms with Gasteiger partial charge in [-0.3, -0.25) is 0 Å². The van der Waals surface area contributed by atoms with Crippen molar-refractivity contribution in [1.82, 2.24) is 9.96 Å². The first-order valence-corrected chi connectivity index (χ1v) is 6.66. The lowest BCUT2D eigenvalue weighted by molar-refractivity contribution is -0.0695. The van der Waals surface area contributed by atoms with Gasteiger partial charge < -0.3 is 14.8 Å². The van der Waals surface area contributed by atoms with E-state index in [1.807, 2.05) is 20.8 Å². The number of hydrogen-bond donors (Lipinski definition) is 1. The van der Waals surface area contributed by atoms with Crippen LogP contribution in [0, 0.1) is 5.92 Å². The fraction of sp³-hybridized carbons (Fsp3) is 0.923. The molecule has 1 heterocycles. The van der Waals surface area contributed by atoms with Crippen LogP contribution >= 0.6 is 0 Å². The molecular weight excluding hydrogens is 232 g/mol. The third-order valence-electron chi connectivity index (χ3n) is 3.13. The third-order valence-corrected chi connectivity index (χ3v) is 3.13. The molecule has 1 rings (SSSR count). The maximum atomic E-state index is 11.8. The second-order valence-electron chi connectivity index (χ2n) is 6.08. The molecule has 0 aromatic carbocycles. The highest BCUT2D eigenvalue weighted by molar-refractivity contribution is 5.68. The predicted octanol–water partition coefficient (Wildman–Crippen LogP) is 2.34. The van der Waals surface area contributed by atoms with Crippen LogP contribution in [0.1, 0.15) is 40.0 Å². The SMILES string of the molecule is CN(O)CCC1CCN(C(=O)OC(C)(C)C)CC1. The van der Waals surface area contributed by atoms with Gasteiger partial charge in [0.25, 0.3) is 0 Å². The summed E-state index contributed by atoms with van der Waals surface area (Å²) in [6.45, 7) is 7.86. The van der Waals surface area contributed by atoms with Crippen molar-refractivity contribution in [3.8, 4) is 0 Å². The Hall–Kier alpha value is -0.810. The summed E-state index contributed by atoms with van der Waals surface area (Å²) < 4.78 is 5.35. The van der Waals surface area contributed by atoms with Gasteiger partial charge in [-0.15, -0.1) is 0 Å². The molecule has 0 aromatic rings. The van der Waals surface area contributed by atoms with Crippen LogP contribution in [0.4, 0.5) is 4.79 Å². The van der Waals surface area contributed by atoms with E-state index in [2.05, 4.69) is 0 Å². The summed E-state index contributed by atoms with van der Waals surface area (Å²) in [6, 6.07) is 0. The highest BCUT2D eigenvalue weighted by atomic mass is 16.6. The zero-order chi connectivity index (χ0) is 13.8. The van der Waals surface area contributed by atoms with Crippen LogP contribution in [0.25, 0.3) is 0 Å². The molecule has 1 aliphatic rings. The highest BCUT2D eigenvalue weighted by Crippen LogP contribution is 2.22. The Labute approximate surface area is 110 Å². The van der Waals surface area contributed by atoms with E-state index in [1.54, 1.807) is 11.9 Å². The molecule has 18 heavy (non-hydrogen) atoms. The molecule has 1 N–H and O–H groups in total. The van der Waals surface area contributed by atoms with Crippen molar-refractivity contribution < 1.29 is 14.7 Å². The normalized spacial score (nSPS) is 18.2. The minimum atomic E-state index is -0.423. The smallest absolute Gasteiger partial charge is 0.410 e. The van der Waals surface area contributed by atoms with Crippen LogP contribution in [0.2, 0.25) is 0 Å². The van der Waals surface area contributed by atoms with Crippen LogP contribution < -0.4 is 0 Å². The van der Waals surface area contributed by atoms with Gasteiger partial charge in [0, 0.05) is 26.7 Å².